The molecule has 1 atom stereocenters. The molecule has 2 aromatic carbocycles. The zero-order chi connectivity index (χ0) is 19.3. The predicted octanol–water partition coefficient (Wildman–Crippen LogP) is 3.54. The molecule has 2 N–H and O–H groups in total. The van der Waals surface area contributed by atoms with Crippen molar-refractivity contribution in [3.8, 4) is 0 Å². The number of carbonyl (C=O) groups excluding carboxylic acids is 1. The second kappa shape index (κ2) is 8.51. The minimum Gasteiger partial charge on any atom is -0.323 e. The van der Waals surface area contributed by atoms with Crippen molar-refractivity contribution < 1.29 is 27.3 Å². The molecule has 0 heterocycles. The number of quaternary nitrogens is 1. The molecule has 0 aliphatic rings. The fourth-order valence-corrected chi connectivity index (χ4v) is 2.75. The molecule has 0 aliphatic carbocycles. The Hall–Kier alpha value is -2.12. The van der Waals surface area contributed by atoms with Crippen LogP contribution in [0.15, 0.2) is 42.5 Å². The van der Waals surface area contributed by atoms with E-state index < -0.39 is 23.5 Å². The molecule has 0 bridgehead atoms. The second-order valence-electron chi connectivity index (χ2n) is 5.75. The Bertz CT molecular complexity index is 760. The van der Waals surface area contributed by atoms with Gasteiger partial charge in [0, 0.05) is 0 Å². The van der Waals surface area contributed by atoms with Crippen molar-refractivity contribution in [2.45, 2.75) is 19.6 Å². The number of hydrogen-bond donors (Lipinski definition) is 2. The van der Waals surface area contributed by atoms with Crippen LogP contribution in [0.1, 0.15) is 18.1 Å². The van der Waals surface area contributed by atoms with Gasteiger partial charge in [-0.05, 0) is 31.2 Å². The molecule has 26 heavy (non-hydrogen) atoms. The summed E-state index contributed by atoms with van der Waals surface area (Å²) in [5, 5.41) is 2.54. The van der Waals surface area contributed by atoms with Gasteiger partial charge in [-0.2, -0.15) is 13.2 Å². The first-order valence-electron chi connectivity index (χ1n) is 7.95. The standard InChI is InChI=1S/C18H17ClF4N2O/c1-2-25(10-12-14(19)7-5-8-15(12)20)11-17(26)24-16-9-4-3-6-13(16)18(21,22)23/h3-9H,2,10-11H2,1H3,(H,24,26)/p+1. The van der Waals surface area contributed by atoms with E-state index in [-0.39, 0.29) is 29.4 Å². The van der Waals surface area contributed by atoms with E-state index in [1.54, 1.807) is 13.0 Å². The lowest BCUT2D eigenvalue weighted by Gasteiger charge is -2.19. The molecule has 0 aliphatic heterocycles. The van der Waals surface area contributed by atoms with E-state index in [1.807, 2.05) is 0 Å². The van der Waals surface area contributed by atoms with E-state index in [2.05, 4.69) is 5.32 Å². The fourth-order valence-electron chi connectivity index (χ4n) is 2.52. The highest BCUT2D eigenvalue weighted by Gasteiger charge is 2.33. The number of anilines is 1. The average molecular weight is 390 g/mol. The SMILES string of the molecule is CC[NH+](CC(=O)Nc1ccccc1C(F)(F)F)Cc1c(F)cccc1Cl. The molecule has 1 amide bonds. The van der Waals surface area contributed by atoms with E-state index >= 15 is 0 Å². The third kappa shape index (κ3) is 5.19. The van der Waals surface area contributed by atoms with Gasteiger partial charge in [0.15, 0.2) is 6.54 Å². The summed E-state index contributed by atoms with van der Waals surface area (Å²) in [5.41, 5.74) is -0.942. The summed E-state index contributed by atoms with van der Waals surface area (Å²) < 4.78 is 52.9. The second-order valence-corrected chi connectivity index (χ2v) is 6.16. The third-order valence-electron chi connectivity index (χ3n) is 3.91. The van der Waals surface area contributed by atoms with Crippen molar-refractivity contribution in [3.63, 3.8) is 0 Å². The van der Waals surface area contributed by atoms with Gasteiger partial charge >= 0.3 is 6.18 Å². The monoisotopic (exact) mass is 389 g/mol. The summed E-state index contributed by atoms with van der Waals surface area (Å²) in [6, 6.07) is 9.06. The zero-order valence-electron chi connectivity index (χ0n) is 14.0. The molecule has 0 aromatic heterocycles. The van der Waals surface area contributed by atoms with Crippen LogP contribution >= 0.6 is 11.6 Å². The normalized spacial score (nSPS) is 12.7. The maximum Gasteiger partial charge on any atom is 0.418 e. The van der Waals surface area contributed by atoms with Gasteiger partial charge in [0.05, 0.1) is 28.4 Å². The molecular formula is C18H18ClF4N2O+. The van der Waals surface area contributed by atoms with Gasteiger partial charge in [-0.1, -0.05) is 29.8 Å². The predicted molar refractivity (Wildman–Crippen MR) is 91.6 cm³/mol. The highest BCUT2D eigenvalue weighted by Crippen LogP contribution is 2.34. The van der Waals surface area contributed by atoms with Crippen molar-refractivity contribution in [2.24, 2.45) is 0 Å². The van der Waals surface area contributed by atoms with Gasteiger partial charge in [-0.15, -0.1) is 0 Å². The number of para-hydroxylation sites is 1. The maximum atomic E-state index is 13.9. The van der Waals surface area contributed by atoms with E-state index in [4.69, 9.17) is 11.6 Å². The van der Waals surface area contributed by atoms with Crippen LogP contribution in [-0.2, 0) is 17.5 Å². The van der Waals surface area contributed by atoms with Gasteiger partial charge in [0.1, 0.15) is 12.4 Å². The van der Waals surface area contributed by atoms with Crippen LogP contribution < -0.4 is 10.2 Å². The Morgan fingerprint density at radius 2 is 1.85 bits per heavy atom. The van der Waals surface area contributed by atoms with Gasteiger partial charge in [0.25, 0.3) is 5.91 Å². The van der Waals surface area contributed by atoms with Crippen LogP contribution in [-0.4, -0.2) is 19.0 Å². The first-order valence-corrected chi connectivity index (χ1v) is 8.32. The number of nitrogens with one attached hydrogen (secondary N) is 2. The first-order chi connectivity index (χ1) is 12.2. The molecule has 0 spiro atoms. The van der Waals surface area contributed by atoms with Crippen molar-refractivity contribution in [1.29, 1.82) is 0 Å². The zero-order valence-corrected chi connectivity index (χ0v) is 14.7. The average Bonchev–Trinajstić information content (AvgIpc) is 2.56. The summed E-state index contributed by atoms with van der Waals surface area (Å²) in [4.78, 5) is 12.9. The maximum absolute atomic E-state index is 13.9. The lowest BCUT2D eigenvalue weighted by molar-refractivity contribution is -0.904. The summed E-state index contributed by atoms with van der Waals surface area (Å²) in [7, 11) is 0. The Labute approximate surface area is 153 Å². The largest absolute Gasteiger partial charge is 0.418 e. The minimum atomic E-state index is -4.57. The van der Waals surface area contributed by atoms with E-state index in [9.17, 15) is 22.4 Å². The smallest absolute Gasteiger partial charge is 0.323 e. The summed E-state index contributed by atoms with van der Waals surface area (Å²) in [6.45, 7) is 2.30. The molecule has 3 nitrogen and oxygen atoms in total. The molecular weight excluding hydrogens is 372 g/mol. The van der Waals surface area contributed by atoms with Gasteiger partial charge in [-0.25, -0.2) is 4.39 Å². The van der Waals surface area contributed by atoms with E-state index in [0.29, 0.717) is 11.4 Å². The highest BCUT2D eigenvalue weighted by molar-refractivity contribution is 6.31. The van der Waals surface area contributed by atoms with Crippen LogP contribution in [0.2, 0.25) is 5.02 Å². The summed E-state index contributed by atoms with van der Waals surface area (Å²) in [6.07, 6.45) is -4.57. The first kappa shape index (κ1) is 20.2. The Morgan fingerprint density at radius 1 is 1.15 bits per heavy atom. The lowest BCUT2D eigenvalue weighted by atomic mass is 10.1. The fraction of sp³-hybridized carbons (Fsp3) is 0.278. The Balaban J connectivity index is 2.09. The summed E-state index contributed by atoms with van der Waals surface area (Å²) >= 11 is 5.99. The number of hydrogen-bond acceptors (Lipinski definition) is 1. The lowest BCUT2D eigenvalue weighted by Crippen LogP contribution is -3.11. The summed E-state index contributed by atoms with van der Waals surface area (Å²) in [5.74, 6) is -1.07. The van der Waals surface area contributed by atoms with Crippen LogP contribution in [0, 0.1) is 5.82 Å². The van der Waals surface area contributed by atoms with Crippen LogP contribution in [0.25, 0.3) is 0 Å². The van der Waals surface area contributed by atoms with Crippen molar-refractivity contribution in [1.82, 2.24) is 0 Å². The molecule has 1 unspecified atom stereocenters. The number of halogens is 5. The quantitative estimate of drug-likeness (QED) is 0.728. The van der Waals surface area contributed by atoms with Gasteiger partial charge in [-0.3, -0.25) is 4.79 Å². The molecule has 2 aromatic rings. The topological polar surface area (TPSA) is 33.5 Å². The Morgan fingerprint density at radius 3 is 2.46 bits per heavy atom. The number of likely N-dealkylation sites (N-methyl/N-ethyl adjacent to an activating group) is 1. The van der Waals surface area contributed by atoms with Crippen LogP contribution in [0.4, 0.5) is 23.2 Å². The number of carbonyl (C=O) groups is 1. The van der Waals surface area contributed by atoms with E-state index in [1.165, 1.54) is 30.3 Å². The van der Waals surface area contributed by atoms with Crippen LogP contribution in [0.3, 0.4) is 0 Å². The number of alkyl halides is 3. The van der Waals surface area contributed by atoms with Crippen molar-refractivity contribution in [2.75, 3.05) is 18.4 Å². The molecule has 0 radical (unpaired) electrons. The molecule has 140 valence electrons. The van der Waals surface area contributed by atoms with Crippen molar-refractivity contribution in [3.05, 3.63) is 64.4 Å². The van der Waals surface area contributed by atoms with E-state index in [0.717, 1.165) is 6.07 Å². The highest BCUT2D eigenvalue weighted by atomic mass is 35.5. The number of amides is 1. The molecule has 8 heteroatoms. The van der Waals surface area contributed by atoms with Crippen LogP contribution in [0.5, 0.6) is 0 Å². The van der Waals surface area contributed by atoms with Gasteiger partial charge in [0.2, 0.25) is 0 Å². The van der Waals surface area contributed by atoms with Crippen molar-refractivity contribution >= 4 is 23.2 Å². The van der Waals surface area contributed by atoms with Gasteiger partial charge < -0.3 is 10.2 Å². The number of benzene rings is 2. The third-order valence-corrected chi connectivity index (χ3v) is 4.26. The molecule has 0 fully saturated rings. The minimum absolute atomic E-state index is 0.118. The molecule has 2 rings (SSSR count). The number of rotatable bonds is 6. The molecule has 0 saturated carbocycles. The Kier molecular flexibility index (Phi) is 6.61. The molecule has 0 saturated heterocycles.